The number of benzene rings is 1. The minimum absolute atomic E-state index is 0.0326. The van der Waals surface area contributed by atoms with Gasteiger partial charge in [0.2, 0.25) is 0 Å². The second-order valence-electron chi connectivity index (χ2n) is 5.50. The Kier molecular flexibility index (Phi) is 4.59. The standard InChI is InChI=1S/C18H18N2OS2/c1-11-6-4-5-7-15(11)12(2)19-17(21)16-13(3)20-18(23-16)14-8-9-22-10-14/h4-10,12H,1-3H3,(H,19,21)/t12-/m1/s1. The highest BCUT2D eigenvalue weighted by atomic mass is 32.1. The van der Waals surface area contributed by atoms with Crippen molar-refractivity contribution in [2.24, 2.45) is 0 Å². The van der Waals surface area contributed by atoms with E-state index in [0.29, 0.717) is 4.88 Å². The lowest BCUT2D eigenvalue weighted by Gasteiger charge is -2.16. The topological polar surface area (TPSA) is 42.0 Å². The van der Waals surface area contributed by atoms with Gasteiger partial charge in [0, 0.05) is 10.9 Å². The number of hydrogen-bond donors (Lipinski definition) is 1. The van der Waals surface area contributed by atoms with Gasteiger partial charge >= 0.3 is 0 Å². The Morgan fingerprint density at radius 1 is 1.22 bits per heavy atom. The summed E-state index contributed by atoms with van der Waals surface area (Å²) in [6.45, 7) is 5.96. The summed E-state index contributed by atoms with van der Waals surface area (Å²) in [5.74, 6) is -0.0581. The molecule has 0 aliphatic heterocycles. The Morgan fingerprint density at radius 3 is 2.70 bits per heavy atom. The molecule has 0 spiro atoms. The zero-order valence-electron chi connectivity index (χ0n) is 13.3. The van der Waals surface area contributed by atoms with Crippen molar-refractivity contribution >= 4 is 28.6 Å². The molecule has 1 amide bonds. The molecule has 0 aliphatic rings. The van der Waals surface area contributed by atoms with Gasteiger partial charge in [0.1, 0.15) is 9.88 Å². The number of aromatic nitrogens is 1. The van der Waals surface area contributed by atoms with Gasteiger partial charge in [-0.1, -0.05) is 24.3 Å². The molecule has 0 fully saturated rings. The number of aryl methyl sites for hydroxylation is 2. The molecule has 0 unspecified atom stereocenters. The van der Waals surface area contributed by atoms with Gasteiger partial charge < -0.3 is 5.32 Å². The highest BCUT2D eigenvalue weighted by Gasteiger charge is 2.19. The van der Waals surface area contributed by atoms with Crippen LogP contribution in [0.1, 0.15) is 39.5 Å². The third-order valence-corrected chi connectivity index (χ3v) is 5.66. The highest BCUT2D eigenvalue weighted by Crippen LogP contribution is 2.29. The molecule has 23 heavy (non-hydrogen) atoms. The maximum Gasteiger partial charge on any atom is 0.263 e. The van der Waals surface area contributed by atoms with Crippen LogP contribution in [0.3, 0.4) is 0 Å². The third-order valence-electron chi connectivity index (χ3n) is 3.77. The smallest absolute Gasteiger partial charge is 0.263 e. The lowest BCUT2D eigenvalue weighted by Crippen LogP contribution is -2.26. The number of carbonyl (C=O) groups excluding carboxylic acids is 1. The fourth-order valence-corrected chi connectivity index (χ4v) is 4.21. The summed E-state index contributed by atoms with van der Waals surface area (Å²) in [5, 5.41) is 8.06. The molecule has 118 valence electrons. The molecule has 0 radical (unpaired) electrons. The van der Waals surface area contributed by atoms with Gasteiger partial charge in [-0.05, 0) is 43.3 Å². The van der Waals surface area contributed by atoms with Crippen LogP contribution in [0, 0.1) is 13.8 Å². The largest absolute Gasteiger partial charge is 0.345 e. The lowest BCUT2D eigenvalue weighted by atomic mass is 10.0. The summed E-state index contributed by atoms with van der Waals surface area (Å²) in [7, 11) is 0. The van der Waals surface area contributed by atoms with Gasteiger partial charge in [-0.15, -0.1) is 11.3 Å². The first-order valence-corrected chi connectivity index (χ1v) is 9.18. The number of nitrogens with one attached hydrogen (secondary N) is 1. The van der Waals surface area contributed by atoms with Crippen molar-refractivity contribution in [2.45, 2.75) is 26.8 Å². The fraction of sp³-hybridized carbons (Fsp3) is 0.222. The molecule has 0 saturated carbocycles. The quantitative estimate of drug-likeness (QED) is 0.726. The SMILES string of the molecule is Cc1ccccc1[C@@H](C)NC(=O)c1sc(-c2ccsc2)nc1C. The summed E-state index contributed by atoms with van der Waals surface area (Å²) < 4.78 is 0. The van der Waals surface area contributed by atoms with E-state index in [1.54, 1.807) is 11.3 Å². The third kappa shape index (κ3) is 3.35. The van der Waals surface area contributed by atoms with Crippen LogP contribution in [0.4, 0.5) is 0 Å². The summed E-state index contributed by atoms with van der Waals surface area (Å²) in [5.41, 5.74) is 4.18. The summed E-state index contributed by atoms with van der Waals surface area (Å²) in [6.07, 6.45) is 0. The predicted octanol–water partition coefficient (Wildman–Crippen LogP) is 4.98. The van der Waals surface area contributed by atoms with Crippen LogP contribution < -0.4 is 5.32 Å². The van der Waals surface area contributed by atoms with E-state index in [0.717, 1.165) is 21.8 Å². The monoisotopic (exact) mass is 342 g/mol. The van der Waals surface area contributed by atoms with Crippen LogP contribution in [-0.2, 0) is 0 Å². The van der Waals surface area contributed by atoms with Crippen LogP contribution >= 0.6 is 22.7 Å². The van der Waals surface area contributed by atoms with E-state index in [1.807, 2.05) is 37.4 Å². The Labute approximate surface area is 144 Å². The lowest BCUT2D eigenvalue weighted by molar-refractivity contribution is 0.0943. The Morgan fingerprint density at radius 2 is 2.00 bits per heavy atom. The number of amides is 1. The molecule has 2 aromatic heterocycles. The first-order valence-electron chi connectivity index (χ1n) is 7.42. The van der Waals surface area contributed by atoms with Crippen molar-refractivity contribution in [3.05, 3.63) is 62.8 Å². The van der Waals surface area contributed by atoms with Gasteiger partial charge in [-0.3, -0.25) is 4.79 Å². The number of carbonyl (C=O) groups is 1. The van der Waals surface area contributed by atoms with Crippen LogP contribution in [0.15, 0.2) is 41.1 Å². The Hall–Kier alpha value is -1.98. The normalized spacial score (nSPS) is 12.1. The van der Waals surface area contributed by atoms with E-state index in [1.165, 1.54) is 16.9 Å². The number of rotatable bonds is 4. The molecular formula is C18H18N2OS2. The van der Waals surface area contributed by atoms with Crippen LogP contribution in [0.2, 0.25) is 0 Å². The predicted molar refractivity (Wildman–Crippen MR) is 97.2 cm³/mol. The van der Waals surface area contributed by atoms with Crippen molar-refractivity contribution in [3.63, 3.8) is 0 Å². The highest BCUT2D eigenvalue weighted by molar-refractivity contribution is 7.17. The maximum absolute atomic E-state index is 12.6. The number of thiazole rings is 1. The van der Waals surface area contributed by atoms with Crippen molar-refractivity contribution < 1.29 is 4.79 Å². The van der Waals surface area contributed by atoms with Crippen molar-refractivity contribution in [2.75, 3.05) is 0 Å². The summed E-state index contributed by atoms with van der Waals surface area (Å²) in [6, 6.07) is 10.1. The molecule has 3 aromatic rings. The van der Waals surface area contributed by atoms with Gasteiger partial charge in [-0.2, -0.15) is 11.3 Å². The minimum Gasteiger partial charge on any atom is -0.345 e. The zero-order chi connectivity index (χ0) is 16.4. The van der Waals surface area contributed by atoms with Crippen molar-refractivity contribution in [1.82, 2.24) is 10.3 Å². The molecule has 1 N–H and O–H groups in total. The van der Waals surface area contributed by atoms with Crippen molar-refractivity contribution in [3.8, 4) is 10.6 Å². The van der Waals surface area contributed by atoms with Crippen LogP contribution in [-0.4, -0.2) is 10.9 Å². The van der Waals surface area contributed by atoms with Crippen LogP contribution in [0.5, 0.6) is 0 Å². The van der Waals surface area contributed by atoms with E-state index in [-0.39, 0.29) is 11.9 Å². The maximum atomic E-state index is 12.6. The average molecular weight is 342 g/mol. The summed E-state index contributed by atoms with van der Waals surface area (Å²) in [4.78, 5) is 17.8. The molecule has 5 heteroatoms. The number of thiophene rings is 1. The molecule has 3 nitrogen and oxygen atoms in total. The fourth-order valence-electron chi connectivity index (χ4n) is 2.53. The molecular weight excluding hydrogens is 324 g/mol. The Bertz CT molecular complexity index is 821. The average Bonchev–Trinajstić information content (AvgIpc) is 3.16. The van der Waals surface area contributed by atoms with Gasteiger partial charge in [0.25, 0.3) is 5.91 Å². The van der Waals surface area contributed by atoms with E-state index in [4.69, 9.17) is 0 Å². The molecule has 2 heterocycles. The van der Waals surface area contributed by atoms with Gasteiger partial charge in [0.15, 0.2) is 0 Å². The van der Waals surface area contributed by atoms with Gasteiger partial charge in [-0.25, -0.2) is 4.98 Å². The van der Waals surface area contributed by atoms with E-state index in [9.17, 15) is 4.79 Å². The molecule has 3 rings (SSSR count). The van der Waals surface area contributed by atoms with Crippen LogP contribution in [0.25, 0.3) is 10.6 Å². The first-order chi connectivity index (χ1) is 11.1. The van der Waals surface area contributed by atoms with Crippen molar-refractivity contribution in [1.29, 1.82) is 0 Å². The zero-order valence-corrected chi connectivity index (χ0v) is 14.9. The summed E-state index contributed by atoms with van der Waals surface area (Å²) >= 11 is 3.08. The first kappa shape index (κ1) is 15.9. The molecule has 1 aromatic carbocycles. The van der Waals surface area contributed by atoms with E-state index >= 15 is 0 Å². The van der Waals surface area contributed by atoms with E-state index < -0.39 is 0 Å². The Balaban J connectivity index is 1.80. The number of hydrogen-bond acceptors (Lipinski definition) is 4. The molecule has 1 atom stereocenters. The van der Waals surface area contributed by atoms with E-state index in [2.05, 4.69) is 34.7 Å². The van der Waals surface area contributed by atoms with Gasteiger partial charge in [0.05, 0.1) is 11.7 Å². The minimum atomic E-state index is -0.0581. The molecule has 0 aliphatic carbocycles. The molecule has 0 saturated heterocycles. The number of nitrogens with zero attached hydrogens (tertiary/aromatic N) is 1. The second-order valence-corrected chi connectivity index (χ2v) is 7.28. The molecule has 0 bridgehead atoms. The second kappa shape index (κ2) is 6.64.